The van der Waals surface area contributed by atoms with Crippen molar-refractivity contribution in [1.82, 2.24) is 25.3 Å². The van der Waals surface area contributed by atoms with Gasteiger partial charge in [0.15, 0.2) is 0 Å². The molecular weight excluding hydrogens is 727 g/mol. The van der Waals surface area contributed by atoms with Gasteiger partial charge in [0, 0.05) is 64.0 Å². The molecule has 0 radical (unpaired) electrons. The van der Waals surface area contributed by atoms with E-state index in [4.69, 9.17) is 4.74 Å². The number of hydrogen-bond acceptors (Lipinski definition) is 9. The van der Waals surface area contributed by atoms with Gasteiger partial charge in [-0.25, -0.2) is 14.3 Å². The van der Waals surface area contributed by atoms with E-state index in [2.05, 4.69) is 15.7 Å². The third-order valence-corrected chi connectivity index (χ3v) is 11.0. The minimum atomic E-state index is -1.50. The molecule has 3 N–H and O–H groups in total. The van der Waals surface area contributed by atoms with Gasteiger partial charge in [0.05, 0.1) is 17.8 Å². The van der Waals surface area contributed by atoms with E-state index in [1.54, 1.807) is 27.0 Å². The summed E-state index contributed by atoms with van der Waals surface area (Å²) in [7, 11) is 7.78. The topological polar surface area (TPSA) is 166 Å². The SMILES string of the molecule is CN(C)c1ccc(-c2cnn([C@@H]3C[C@H]4C(=O)N[C@]5(C(=O)O)C[C@H]5/C=C\CCCCC[C@H](NC(=O)OC(C)(C)C)C(=O)N4C3)c(=O)c2-c2ccc(N(C)C)cc2)cc1. The number of fused-ring (bicyclic) bond motifs is 2. The largest absolute Gasteiger partial charge is 0.479 e. The van der Waals surface area contributed by atoms with Gasteiger partial charge in [-0.1, -0.05) is 49.3 Å². The first-order valence-electron chi connectivity index (χ1n) is 19.7. The number of allylic oxidation sites excluding steroid dienone is 1. The van der Waals surface area contributed by atoms with Crippen molar-refractivity contribution in [2.24, 2.45) is 5.92 Å². The van der Waals surface area contributed by atoms with E-state index in [9.17, 15) is 29.1 Å². The van der Waals surface area contributed by atoms with Crippen molar-refractivity contribution in [2.75, 3.05) is 44.5 Å². The quantitative estimate of drug-likeness (QED) is 0.271. The van der Waals surface area contributed by atoms with E-state index in [0.29, 0.717) is 29.5 Å². The number of carbonyl (C=O) groups excluding carboxylic acids is 3. The van der Waals surface area contributed by atoms with Crippen LogP contribution in [0.15, 0.2) is 71.7 Å². The normalized spacial score (nSPS) is 24.5. The third kappa shape index (κ3) is 9.00. The first kappa shape index (κ1) is 41.0. The van der Waals surface area contributed by atoms with Crippen molar-refractivity contribution in [3.63, 3.8) is 0 Å². The Hall–Kier alpha value is -5.66. The summed E-state index contributed by atoms with van der Waals surface area (Å²) < 4.78 is 6.86. The zero-order valence-corrected chi connectivity index (χ0v) is 33.9. The number of carboxylic acid groups (broad SMARTS) is 1. The number of carboxylic acids is 1. The number of nitrogens with zero attached hydrogens (tertiary/aromatic N) is 5. The molecule has 3 aromatic rings. The van der Waals surface area contributed by atoms with Crippen LogP contribution in [-0.4, -0.2) is 102 Å². The predicted molar refractivity (Wildman–Crippen MR) is 219 cm³/mol. The molecule has 1 saturated carbocycles. The van der Waals surface area contributed by atoms with Gasteiger partial charge in [0.25, 0.3) is 5.56 Å². The van der Waals surface area contributed by atoms with Gasteiger partial charge in [0.2, 0.25) is 11.8 Å². The number of nitrogens with one attached hydrogen (secondary N) is 2. The lowest BCUT2D eigenvalue weighted by Crippen LogP contribution is -2.56. The molecule has 57 heavy (non-hydrogen) atoms. The molecule has 3 amide bonds. The molecule has 14 heteroatoms. The number of hydrogen-bond donors (Lipinski definition) is 3. The molecular formula is C43H55N7O7. The summed E-state index contributed by atoms with van der Waals surface area (Å²) in [6.07, 6.45) is 8.12. The maximum atomic E-state index is 14.8. The van der Waals surface area contributed by atoms with Gasteiger partial charge in [0.1, 0.15) is 23.2 Å². The molecule has 0 spiro atoms. The van der Waals surface area contributed by atoms with Gasteiger partial charge < -0.3 is 35.2 Å². The molecule has 0 unspecified atom stereocenters. The number of aromatic nitrogens is 2. The van der Waals surface area contributed by atoms with E-state index in [-0.39, 0.29) is 19.4 Å². The molecule has 304 valence electrons. The first-order chi connectivity index (χ1) is 27.0. The summed E-state index contributed by atoms with van der Waals surface area (Å²) in [4.78, 5) is 74.7. The number of benzene rings is 2. The first-order valence-corrected chi connectivity index (χ1v) is 19.7. The molecule has 1 aliphatic carbocycles. The van der Waals surface area contributed by atoms with Crippen LogP contribution in [0.1, 0.15) is 71.8 Å². The van der Waals surface area contributed by atoms with Crippen LogP contribution >= 0.6 is 0 Å². The van der Waals surface area contributed by atoms with Crippen LogP contribution in [0.25, 0.3) is 22.3 Å². The van der Waals surface area contributed by atoms with Gasteiger partial charge in [-0.05, 0) is 81.8 Å². The Morgan fingerprint density at radius 2 is 1.56 bits per heavy atom. The highest BCUT2D eigenvalue weighted by Gasteiger charge is 2.61. The molecule has 1 saturated heterocycles. The summed E-state index contributed by atoms with van der Waals surface area (Å²) >= 11 is 0. The Morgan fingerprint density at radius 3 is 2.16 bits per heavy atom. The Morgan fingerprint density at radius 1 is 0.930 bits per heavy atom. The van der Waals surface area contributed by atoms with Gasteiger partial charge in [-0.3, -0.25) is 14.4 Å². The monoisotopic (exact) mass is 781 g/mol. The zero-order chi connectivity index (χ0) is 41.2. The molecule has 2 aliphatic heterocycles. The predicted octanol–water partition coefficient (Wildman–Crippen LogP) is 5.22. The fourth-order valence-corrected chi connectivity index (χ4v) is 7.79. The average molecular weight is 782 g/mol. The molecule has 3 heterocycles. The minimum absolute atomic E-state index is 0.00424. The van der Waals surface area contributed by atoms with Crippen LogP contribution in [0.3, 0.4) is 0 Å². The third-order valence-electron chi connectivity index (χ3n) is 11.0. The number of alkyl carbamates (subject to hydrolysis) is 1. The van der Waals surface area contributed by atoms with Crippen LogP contribution < -0.4 is 26.0 Å². The molecule has 2 fully saturated rings. The summed E-state index contributed by atoms with van der Waals surface area (Å²) in [6, 6.07) is 12.6. The molecule has 14 nitrogen and oxygen atoms in total. The molecule has 1 aromatic heterocycles. The lowest BCUT2D eigenvalue weighted by molar-refractivity contribution is -0.145. The maximum absolute atomic E-state index is 14.8. The number of carbonyl (C=O) groups is 4. The fraction of sp³-hybridized carbons (Fsp3) is 0.488. The maximum Gasteiger partial charge on any atom is 0.408 e. The summed E-state index contributed by atoms with van der Waals surface area (Å²) in [5.74, 6) is -2.70. The minimum Gasteiger partial charge on any atom is -0.479 e. The van der Waals surface area contributed by atoms with Crippen molar-refractivity contribution in [2.45, 2.75) is 95.0 Å². The Kier molecular flexibility index (Phi) is 11.8. The van der Waals surface area contributed by atoms with E-state index < -0.39 is 64.6 Å². The Balaban J connectivity index is 1.42. The summed E-state index contributed by atoms with van der Waals surface area (Å²) in [5, 5.41) is 20.5. The smallest absolute Gasteiger partial charge is 0.408 e. The van der Waals surface area contributed by atoms with Crippen molar-refractivity contribution in [1.29, 1.82) is 0 Å². The number of anilines is 2. The van der Waals surface area contributed by atoms with Gasteiger partial charge >= 0.3 is 12.1 Å². The van der Waals surface area contributed by atoms with Crippen molar-refractivity contribution in [3.05, 3.63) is 77.2 Å². The molecule has 3 aliphatic rings. The van der Waals surface area contributed by atoms with Gasteiger partial charge in [-0.15, -0.1) is 0 Å². The van der Waals surface area contributed by atoms with Crippen molar-refractivity contribution >= 4 is 35.3 Å². The van der Waals surface area contributed by atoms with E-state index in [1.165, 1.54) is 9.58 Å². The summed E-state index contributed by atoms with van der Waals surface area (Å²) in [5.41, 5.74) is 1.73. The van der Waals surface area contributed by atoms with Crippen LogP contribution in [0.2, 0.25) is 0 Å². The summed E-state index contributed by atoms with van der Waals surface area (Å²) in [6.45, 7) is 5.11. The fourth-order valence-electron chi connectivity index (χ4n) is 7.79. The number of ether oxygens (including phenoxy) is 1. The van der Waals surface area contributed by atoms with E-state index >= 15 is 0 Å². The lowest BCUT2D eigenvalue weighted by atomic mass is 9.96. The Bertz CT molecular complexity index is 2070. The van der Waals surface area contributed by atoms with E-state index in [0.717, 1.165) is 36.2 Å². The standard InChI is InChI=1S/C43H55N7O7/c1-42(2,3)57-41(56)45-34-14-12-10-8-9-11-13-29-24-43(29,40(54)55)46-37(51)35-23-32(26-49(35)38(34)52)50-39(53)36(28-17-21-31(22-18-28)48(6)7)33(25-44-50)27-15-19-30(20-16-27)47(4)5/h11,13,15-22,25,29,32,34-35H,8-10,12,14,23-24,26H2,1-7H3,(H,45,56)(H,46,51)(H,54,55)/b13-11-/t29-,32-,34+,35+,43-/m1/s1. The second-order valence-electron chi connectivity index (χ2n) is 16.8. The molecule has 2 aromatic carbocycles. The number of aliphatic carboxylic acids is 1. The second kappa shape index (κ2) is 16.4. The zero-order valence-electron chi connectivity index (χ0n) is 33.9. The van der Waals surface area contributed by atoms with E-state index in [1.807, 2.05) is 98.7 Å². The van der Waals surface area contributed by atoms with Crippen LogP contribution in [0.4, 0.5) is 16.2 Å². The second-order valence-corrected chi connectivity index (χ2v) is 16.8. The molecule has 5 atom stereocenters. The lowest BCUT2D eigenvalue weighted by Gasteiger charge is -2.30. The van der Waals surface area contributed by atoms with Gasteiger partial charge in [-0.2, -0.15) is 5.10 Å². The number of amides is 3. The van der Waals surface area contributed by atoms with Crippen LogP contribution in [0.5, 0.6) is 0 Å². The van der Waals surface area contributed by atoms with Crippen LogP contribution in [0, 0.1) is 5.92 Å². The highest BCUT2D eigenvalue weighted by Crippen LogP contribution is 2.45. The highest BCUT2D eigenvalue weighted by molar-refractivity contribution is 5.96. The molecule has 6 rings (SSSR count). The van der Waals surface area contributed by atoms with Crippen LogP contribution in [-0.2, 0) is 19.1 Å². The number of rotatable bonds is 7. The van der Waals surface area contributed by atoms with Crippen molar-refractivity contribution in [3.8, 4) is 22.3 Å². The van der Waals surface area contributed by atoms with Crippen molar-refractivity contribution < 1.29 is 29.0 Å². The average Bonchev–Trinajstić information content (AvgIpc) is 3.67. The Labute approximate surface area is 333 Å². The molecule has 0 bridgehead atoms. The highest BCUT2D eigenvalue weighted by atomic mass is 16.6.